The molecule has 0 aliphatic rings. The maximum absolute atomic E-state index is 11.8. The van der Waals surface area contributed by atoms with Crippen LogP contribution in [-0.2, 0) is 14.8 Å². The Balaban J connectivity index is 3.12. The number of hydrogen-bond acceptors (Lipinski definition) is 5. The Morgan fingerprint density at radius 1 is 1.40 bits per heavy atom. The van der Waals surface area contributed by atoms with Gasteiger partial charge in [0.05, 0.1) is 12.3 Å². The van der Waals surface area contributed by atoms with Crippen molar-refractivity contribution in [2.75, 3.05) is 37.9 Å². The minimum Gasteiger partial charge on any atom is -0.398 e. The van der Waals surface area contributed by atoms with Crippen LogP contribution in [0.25, 0.3) is 0 Å². The SMILES string of the molecule is CNS(=O)(=O)c1ccc(N(CCOC)C(C)C)cc1N. The van der Waals surface area contributed by atoms with Gasteiger partial charge in [-0.25, -0.2) is 13.1 Å². The van der Waals surface area contributed by atoms with E-state index in [9.17, 15) is 8.42 Å². The lowest BCUT2D eigenvalue weighted by molar-refractivity contribution is 0.204. The van der Waals surface area contributed by atoms with Crippen molar-refractivity contribution >= 4 is 21.4 Å². The van der Waals surface area contributed by atoms with Crippen LogP contribution in [0.2, 0.25) is 0 Å². The first-order chi connectivity index (χ1) is 9.33. The number of nitrogens with one attached hydrogen (secondary N) is 1. The fraction of sp³-hybridized carbons (Fsp3) is 0.538. The number of hydrogen-bond donors (Lipinski definition) is 2. The Morgan fingerprint density at radius 3 is 2.50 bits per heavy atom. The van der Waals surface area contributed by atoms with Crippen LogP contribution < -0.4 is 15.4 Å². The molecule has 1 rings (SSSR count). The van der Waals surface area contributed by atoms with E-state index in [4.69, 9.17) is 10.5 Å². The highest BCUT2D eigenvalue weighted by Gasteiger charge is 2.17. The first-order valence-electron chi connectivity index (χ1n) is 6.42. The lowest BCUT2D eigenvalue weighted by Gasteiger charge is -2.29. The summed E-state index contributed by atoms with van der Waals surface area (Å²) in [5, 5.41) is 0. The lowest BCUT2D eigenvalue weighted by atomic mass is 10.2. The summed E-state index contributed by atoms with van der Waals surface area (Å²) >= 11 is 0. The van der Waals surface area contributed by atoms with Crippen molar-refractivity contribution in [3.63, 3.8) is 0 Å². The summed E-state index contributed by atoms with van der Waals surface area (Å²) in [4.78, 5) is 2.20. The van der Waals surface area contributed by atoms with Gasteiger partial charge < -0.3 is 15.4 Å². The van der Waals surface area contributed by atoms with E-state index in [1.807, 2.05) is 0 Å². The number of benzene rings is 1. The molecule has 0 heterocycles. The standard InChI is InChI=1S/C13H23N3O3S/c1-10(2)16(7-8-19-4)11-5-6-13(12(14)9-11)20(17,18)15-3/h5-6,9-10,15H,7-8,14H2,1-4H3. The van der Waals surface area contributed by atoms with E-state index in [1.54, 1.807) is 19.2 Å². The average molecular weight is 301 g/mol. The van der Waals surface area contributed by atoms with E-state index in [-0.39, 0.29) is 16.6 Å². The maximum atomic E-state index is 11.8. The van der Waals surface area contributed by atoms with Gasteiger partial charge in [0, 0.05) is 25.4 Å². The normalized spacial score (nSPS) is 11.8. The van der Waals surface area contributed by atoms with Crippen molar-refractivity contribution in [1.29, 1.82) is 0 Å². The van der Waals surface area contributed by atoms with Gasteiger partial charge in [-0.2, -0.15) is 0 Å². The van der Waals surface area contributed by atoms with Crippen LogP contribution in [0.1, 0.15) is 13.8 Å². The molecule has 0 bridgehead atoms. The second-order valence-corrected chi connectivity index (χ2v) is 6.56. The molecule has 0 radical (unpaired) electrons. The third kappa shape index (κ3) is 3.84. The van der Waals surface area contributed by atoms with E-state index in [1.165, 1.54) is 13.1 Å². The molecular formula is C13H23N3O3S. The molecule has 0 aromatic heterocycles. The highest BCUT2D eigenvalue weighted by Crippen LogP contribution is 2.25. The Hall–Kier alpha value is -1.31. The predicted octanol–water partition coefficient (Wildman–Crippen LogP) is 1.04. The second-order valence-electron chi connectivity index (χ2n) is 4.71. The van der Waals surface area contributed by atoms with Gasteiger partial charge in [-0.3, -0.25) is 0 Å². The van der Waals surface area contributed by atoms with E-state index >= 15 is 0 Å². The fourth-order valence-corrected chi connectivity index (χ4v) is 2.78. The van der Waals surface area contributed by atoms with Gasteiger partial charge in [-0.15, -0.1) is 0 Å². The molecule has 0 aliphatic heterocycles. The van der Waals surface area contributed by atoms with Crippen LogP contribution in [0.3, 0.4) is 0 Å². The summed E-state index contributed by atoms with van der Waals surface area (Å²) < 4.78 is 30.9. The first kappa shape index (κ1) is 16.7. The maximum Gasteiger partial charge on any atom is 0.242 e. The van der Waals surface area contributed by atoms with Gasteiger partial charge in [0.1, 0.15) is 4.90 Å². The summed E-state index contributed by atoms with van der Waals surface area (Å²) in [6, 6.07) is 5.23. The molecule has 0 aliphatic carbocycles. The van der Waals surface area contributed by atoms with Crippen molar-refractivity contribution < 1.29 is 13.2 Å². The zero-order valence-corrected chi connectivity index (χ0v) is 13.2. The number of methoxy groups -OCH3 is 1. The summed E-state index contributed by atoms with van der Waals surface area (Å²) in [6.45, 7) is 5.43. The van der Waals surface area contributed by atoms with Crippen molar-refractivity contribution in [3.05, 3.63) is 18.2 Å². The van der Waals surface area contributed by atoms with Crippen molar-refractivity contribution in [3.8, 4) is 0 Å². The van der Waals surface area contributed by atoms with Gasteiger partial charge >= 0.3 is 0 Å². The molecule has 3 N–H and O–H groups in total. The Bertz CT molecular complexity index is 544. The molecule has 20 heavy (non-hydrogen) atoms. The predicted molar refractivity (Wildman–Crippen MR) is 81.5 cm³/mol. The molecule has 1 aromatic carbocycles. The molecule has 0 atom stereocenters. The molecule has 6 nitrogen and oxygen atoms in total. The van der Waals surface area contributed by atoms with Gasteiger partial charge in [-0.05, 0) is 39.1 Å². The number of sulfonamides is 1. The molecule has 0 spiro atoms. The molecule has 0 unspecified atom stereocenters. The summed E-state index contributed by atoms with van der Waals surface area (Å²) in [5.74, 6) is 0. The number of ether oxygens (including phenoxy) is 1. The molecule has 7 heteroatoms. The summed E-state index contributed by atoms with van der Waals surface area (Å²) in [7, 11) is -0.516. The van der Waals surface area contributed by atoms with Crippen molar-refractivity contribution in [2.45, 2.75) is 24.8 Å². The third-order valence-electron chi connectivity index (χ3n) is 3.04. The zero-order chi connectivity index (χ0) is 15.3. The number of nitrogens with zero attached hydrogens (tertiary/aromatic N) is 1. The van der Waals surface area contributed by atoms with Crippen LogP contribution in [0, 0.1) is 0 Å². The molecule has 1 aromatic rings. The number of nitrogens with two attached hydrogens (primary N) is 1. The highest BCUT2D eigenvalue weighted by atomic mass is 32.2. The molecular weight excluding hydrogens is 278 g/mol. The Labute approximate surface area is 121 Å². The smallest absolute Gasteiger partial charge is 0.242 e. The molecule has 0 saturated carbocycles. The zero-order valence-electron chi connectivity index (χ0n) is 12.4. The highest BCUT2D eigenvalue weighted by molar-refractivity contribution is 7.89. The fourth-order valence-electron chi connectivity index (χ4n) is 1.94. The number of nitrogen functional groups attached to an aromatic ring is 1. The minimum atomic E-state index is -3.53. The van der Waals surface area contributed by atoms with Crippen LogP contribution in [-0.4, -0.2) is 41.8 Å². The van der Waals surface area contributed by atoms with Crippen molar-refractivity contribution in [1.82, 2.24) is 4.72 Å². The van der Waals surface area contributed by atoms with Gasteiger partial charge in [0.15, 0.2) is 0 Å². The number of anilines is 2. The molecule has 0 saturated heterocycles. The third-order valence-corrected chi connectivity index (χ3v) is 4.53. The van der Waals surface area contributed by atoms with E-state index in [0.29, 0.717) is 13.2 Å². The molecule has 0 fully saturated rings. The quantitative estimate of drug-likeness (QED) is 0.735. The van der Waals surface area contributed by atoms with Crippen LogP contribution in [0.5, 0.6) is 0 Å². The van der Waals surface area contributed by atoms with Gasteiger partial charge in [0.2, 0.25) is 10.0 Å². The largest absolute Gasteiger partial charge is 0.398 e. The van der Waals surface area contributed by atoms with E-state index < -0.39 is 10.0 Å². The van der Waals surface area contributed by atoms with Gasteiger partial charge in [0.25, 0.3) is 0 Å². The first-order valence-corrected chi connectivity index (χ1v) is 7.90. The number of rotatable bonds is 7. The van der Waals surface area contributed by atoms with Crippen LogP contribution in [0.15, 0.2) is 23.1 Å². The van der Waals surface area contributed by atoms with E-state index in [2.05, 4.69) is 23.5 Å². The second kappa shape index (κ2) is 6.92. The monoisotopic (exact) mass is 301 g/mol. The molecule has 114 valence electrons. The van der Waals surface area contributed by atoms with Crippen LogP contribution >= 0.6 is 0 Å². The Kier molecular flexibility index (Phi) is 5.79. The summed E-state index contributed by atoms with van der Waals surface area (Å²) in [6.07, 6.45) is 0. The molecule has 0 amide bonds. The summed E-state index contributed by atoms with van der Waals surface area (Å²) in [5.41, 5.74) is 6.99. The topological polar surface area (TPSA) is 84.7 Å². The van der Waals surface area contributed by atoms with Crippen molar-refractivity contribution in [2.24, 2.45) is 0 Å². The Morgan fingerprint density at radius 2 is 2.05 bits per heavy atom. The lowest BCUT2D eigenvalue weighted by Crippen LogP contribution is -2.34. The van der Waals surface area contributed by atoms with E-state index in [0.717, 1.165) is 5.69 Å². The van der Waals surface area contributed by atoms with Crippen LogP contribution in [0.4, 0.5) is 11.4 Å². The van der Waals surface area contributed by atoms with Gasteiger partial charge in [-0.1, -0.05) is 0 Å². The average Bonchev–Trinajstić information content (AvgIpc) is 2.38. The minimum absolute atomic E-state index is 0.0965.